The van der Waals surface area contributed by atoms with E-state index in [9.17, 15) is 9.59 Å². The first-order valence-electron chi connectivity index (χ1n) is 6.34. The number of ether oxygens (including phenoxy) is 1. The molecule has 0 amide bonds. The lowest BCUT2D eigenvalue weighted by molar-refractivity contribution is 0.0319. The van der Waals surface area contributed by atoms with Crippen LogP contribution in [0.2, 0.25) is 5.02 Å². The molecule has 5 heteroatoms. The summed E-state index contributed by atoms with van der Waals surface area (Å²) in [6.45, 7) is 1.53. The van der Waals surface area contributed by atoms with Gasteiger partial charge >= 0.3 is 5.97 Å². The number of halogens is 1. The van der Waals surface area contributed by atoms with Crippen LogP contribution < -0.4 is 5.73 Å². The van der Waals surface area contributed by atoms with Crippen molar-refractivity contribution >= 4 is 29.0 Å². The number of hydrogen-bond acceptors (Lipinski definition) is 4. The molecule has 0 aliphatic rings. The predicted octanol–water partition coefficient (Wildman–Crippen LogP) is 3.35. The molecule has 0 bridgehead atoms. The highest BCUT2D eigenvalue weighted by Crippen LogP contribution is 2.20. The van der Waals surface area contributed by atoms with Crippen LogP contribution in [0, 0.1) is 0 Å². The first-order valence-corrected chi connectivity index (χ1v) is 6.72. The molecular formula is C16H14ClNO3. The second-order valence-corrected chi connectivity index (χ2v) is 4.92. The van der Waals surface area contributed by atoms with Crippen molar-refractivity contribution in [3.05, 3.63) is 64.7 Å². The number of rotatable bonds is 4. The summed E-state index contributed by atoms with van der Waals surface area (Å²) in [4.78, 5) is 24.1. The van der Waals surface area contributed by atoms with Gasteiger partial charge in [0.05, 0.1) is 16.3 Å². The Labute approximate surface area is 127 Å². The average Bonchev–Trinajstić information content (AvgIpc) is 2.50. The van der Waals surface area contributed by atoms with E-state index in [0.29, 0.717) is 10.6 Å². The molecule has 0 spiro atoms. The molecule has 2 rings (SSSR count). The monoisotopic (exact) mass is 303 g/mol. The number of anilines is 1. The molecule has 0 heterocycles. The van der Waals surface area contributed by atoms with Gasteiger partial charge in [0, 0.05) is 5.56 Å². The third-order valence-corrected chi connectivity index (χ3v) is 3.29. The van der Waals surface area contributed by atoms with Gasteiger partial charge in [0.25, 0.3) is 0 Å². The van der Waals surface area contributed by atoms with Gasteiger partial charge < -0.3 is 10.5 Å². The first kappa shape index (κ1) is 15.1. The number of Topliss-reactive ketones (excluding diaryl/α,β-unsaturated/α-hetero) is 1. The smallest absolute Gasteiger partial charge is 0.338 e. The van der Waals surface area contributed by atoms with Crippen LogP contribution in [-0.2, 0) is 4.74 Å². The fourth-order valence-electron chi connectivity index (χ4n) is 1.79. The zero-order valence-electron chi connectivity index (χ0n) is 11.4. The largest absolute Gasteiger partial charge is 0.451 e. The average molecular weight is 304 g/mol. The summed E-state index contributed by atoms with van der Waals surface area (Å²) >= 11 is 5.79. The van der Waals surface area contributed by atoms with Crippen molar-refractivity contribution in [1.29, 1.82) is 0 Å². The maximum Gasteiger partial charge on any atom is 0.338 e. The minimum atomic E-state index is -0.878. The molecule has 1 atom stereocenters. The van der Waals surface area contributed by atoms with E-state index < -0.39 is 12.1 Å². The number of carbonyl (C=O) groups is 2. The fraction of sp³-hybridized carbons (Fsp3) is 0.125. The van der Waals surface area contributed by atoms with Gasteiger partial charge in [-0.25, -0.2) is 4.79 Å². The summed E-state index contributed by atoms with van der Waals surface area (Å²) in [5.74, 6) is -0.874. The lowest BCUT2D eigenvalue weighted by atomic mass is 10.1. The Hall–Kier alpha value is -2.33. The van der Waals surface area contributed by atoms with Crippen molar-refractivity contribution in [2.75, 3.05) is 5.73 Å². The summed E-state index contributed by atoms with van der Waals surface area (Å²) < 4.78 is 5.16. The Kier molecular flexibility index (Phi) is 4.60. The lowest BCUT2D eigenvalue weighted by Gasteiger charge is -2.12. The molecule has 4 nitrogen and oxygen atoms in total. The van der Waals surface area contributed by atoms with Crippen molar-refractivity contribution in [3.63, 3.8) is 0 Å². The third kappa shape index (κ3) is 3.61. The first-order chi connectivity index (χ1) is 9.99. The molecule has 21 heavy (non-hydrogen) atoms. The molecule has 2 aromatic carbocycles. The second-order valence-electron chi connectivity index (χ2n) is 4.51. The van der Waals surface area contributed by atoms with Gasteiger partial charge in [-0.15, -0.1) is 0 Å². The van der Waals surface area contributed by atoms with Gasteiger partial charge in [-0.3, -0.25) is 4.79 Å². The summed E-state index contributed by atoms with van der Waals surface area (Å²) in [6, 6.07) is 13.1. The molecular weight excluding hydrogens is 290 g/mol. The van der Waals surface area contributed by atoms with Gasteiger partial charge in [-0.05, 0) is 25.1 Å². The minimum absolute atomic E-state index is 0.254. The SMILES string of the molecule is C[C@H](OC(=O)c1ccc(Cl)c(N)c1)C(=O)c1ccccc1. The number of benzene rings is 2. The van der Waals surface area contributed by atoms with Gasteiger partial charge in [-0.1, -0.05) is 41.9 Å². The van der Waals surface area contributed by atoms with Crippen LogP contribution in [0.1, 0.15) is 27.6 Å². The van der Waals surface area contributed by atoms with Crippen LogP contribution in [0.15, 0.2) is 48.5 Å². The number of esters is 1. The Bertz CT molecular complexity index is 670. The van der Waals surface area contributed by atoms with Crippen LogP contribution in [0.25, 0.3) is 0 Å². The summed E-state index contributed by atoms with van der Waals surface area (Å²) in [5.41, 5.74) is 6.67. The zero-order valence-corrected chi connectivity index (χ0v) is 12.1. The van der Waals surface area contributed by atoms with Crippen molar-refractivity contribution in [2.45, 2.75) is 13.0 Å². The van der Waals surface area contributed by atoms with Crippen LogP contribution in [0.5, 0.6) is 0 Å². The highest BCUT2D eigenvalue weighted by molar-refractivity contribution is 6.33. The molecule has 0 unspecified atom stereocenters. The maximum atomic E-state index is 12.1. The Balaban J connectivity index is 2.08. The number of ketones is 1. The number of carbonyl (C=O) groups excluding carboxylic acids is 2. The highest BCUT2D eigenvalue weighted by Gasteiger charge is 2.20. The van der Waals surface area contributed by atoms with Crippen molar-refractivity contribution in [3.8, 4) is 0 Å². The molecule has 0 aliphatic heterocycles. The van der Waals surface area contributed by atoms with E-state index in [2.05, 4.69) is 0 Å². The molecule has 0 aliphatic carbocycles. The molecule has 108 valence electrons. The van der Waals surface area contributed by atoms with Gasteiger partial charge in [0.1, 0.15) is 0 Å². The molecule has 0 saturated heterocycles. The standard InChI is InChI=1S/C16H14ClNO3/c1-10(15(19)11-5-3-2-4-6-11)21-16(20)12-7-8-13(17)14(18)9-12/h2-10H,18H2,1H3/t10-/m0/s1. The minimum Gasteiger partial charge on any atom is -0.451 e. The quantitative estimate of drug-likeness (QED) is 0.534. The summed E-state index contributed by atoms with van der Waals surface area (Å²) in [6.07, 6.45) is -0.878. The van der Waals surface area contributed by atoms with Crippen molar-refractivity contribution in [1.82, 2.24) is 0 Å². The third-order valence-electron chi connectivity index (χ3n) is 2.94. The Morgan fingerprint density at radius 3 is 2.38 bits per heavy atom. The molecule has 0 fully saturated rings. The summed E-state index contributed by atoms with van der Waals surface area (Å²) in [7, 11) is 0. The fourth-order valence-corrected chi connectivity index (χ4v) is 1.91. The molecule has 2 aromatic rings. The number of nitrogens with two attached hydrogens (primary N) is 1. The van der Waals surface area contributed by atoms with Gasteiger partial charge in [-0.2, -0.15) is 0 Å². The molecule has 2 N–H and O–H groups in total. The van der Waals surface area contributed by atoms with Crippen LogP contribution in [0.4, 0.5) is 5.69 Å². The highest BCUT2D eigenvalue weighted by atomic mass is 35.5. The molecule has 0 radical (unpaired) electrons. The van der Waals surface area contributed by atoms with E-state index in [1.165, 1.54) is 25.1 Å². The second kappa shape index (κ2) is 6.41. The Morgan fingerprint density at radius 2 is 1.76 bits per heavy atom. The number of nitrogen functional groups attached to an aromatic ring is 1. The van der Waals surface area contributed by atoms with E-state index >= 15 is 0 Å². The van der Waals surface area contributed by atoms with E-state index in [1.54, 1.807) is 24.3 Å². The predicted molar refractivity (Wildman–Crippen MR) is 81.5 cm³/mol. The van der Waals surface area contributed by atoms with Crippen LogP contribution in [-0.4, -0.2) is 17.9 Å². The summed E-state index contributed by atoms with van der Waals surface area (Å²) in [5, 5.41) is 0.361. The van der Waals surface area contributed by atoms with Crippen molar-refractivity contribution < 1.29 is 14.3 Å². The van der Waals surface area contributed by atoms with Crippen LogP contribution in [0.3, 0.4) is 0 Å². The van der Waals surface area contributed by atoms with Crippen molar-refractivity contribution in [2.24, 2.45) is 0 Å². The molecule has 0 aromatic heterocycles. The number of hydrogen-bond donors (Lipinski definition) is 1. The van der Waals surface area contributed by atoms with E-state index in [0.717, 1.165) is 0 Å². The normalized spacial score (nSPS) is 11.7. The topological polar surface area (TPSA) is 69.4 Å². The van der Waals surface area contributed by atoms with E-state index in [1.807, 2.05) is 6.07 Å². The van der Waals surface area contributed by atoms with E-state index in [-0.39, 0.29) is 17.0 Å². The zero-order chi connectivity index (χ0) is 15.4. The molecule has 0 saturated carbocycles. The maximum absolute atomic E-state index is 12.1. The van der Waals surface area contributed by atoms with E-state index in [4.69, 9.17) is 22.1 Å². The van der Waals surface area contributed by atoms with Gasteiger partial charge in [0.2, 0.25) is 5.78 Å². The van der Waals surface area contributed by atoms with Crippen LogP contribution >= 0.6 is 11.6 Å². The lowest BCUT2D eigenvalue weighted by Crippen LogP contribution is -2.24. The van der Waals surface area contributed by atoms with Gasteiger partial charge in [0.15, 0.2) is 6.10 Å². The Morgan fingerprint density at radius 1 is 1.10 bits per heavy atom.